The molecular weight excluding hydrogens is 286 g/mol. The molecule has 0 aliphatic heterocycles. The topological polar surface area (TPSA) is 49.7 Å². The molecule has 0 heterocycles. The predicted molar refractivity (Wildman–Crippen MR) is 95.0 cm³/mol. The zero-order chi connectivity index (χ0) is 16.9. The SMILES string of the molecule is CCCCN=C1CC(C)(C)CC(=O)/C1=C(/O)Cc1ccccc1. The first-order chi connectivity index (χ1) is 10.9. The van der Waals surface area contributed by atoms with Crippen LogP contribution in [0.15, 0.2) is 46.7 Å². The number of hydrogen-bond donors (Lipinski definition) is 1. The van der Waals surface area contributed by atoms with Gasteiger partial charge in [-0.3, -0.25) is 9.79 Å². The smallest absolute Gasteiger partial charge is 0.168 e. The van der Waals surface area contributed by atoms with Gasteiger partial charge in [0.25, 0.3) is 0 Å². The van der Waals surface area contributed by atoms with E-state index in [1.807, 2.05) is 30.3 Å². The number of hydrogen-bond acceptors (Lipinski definition) is 3. The molecule has 3 heteroatoms. The van der Waals surface area contributed by atoms with Crippen LogP contribution in [0.5, 0.6) is 0 Å². The molecule has 2 rings (SSSR count). The molecule has 0 unspecified atom stereocenters. The van der Waals surface area contributed by atoms with Gasteiger partial charge in [-0.05, 0) is 23.8 Å². The molecule has 0 bridgehead atoms. The Labute approximate surface area is 139 Å². The molecule has 0 aromatic heterocycles. The highest BCUT2D eigenvalue weighted by Gasteiger charge is 2.36. The summed E-state index contributed by atoms with van der Waals surface area (Å²) in [6, 6.07) is 9.74. The van der Waals surface area contributed by atoms with Gasteiger partial charge >= 0.3 is 0 Å². The summed E-state index contributed by atoms with van der Waals surface area (Å²) >= 11 is 0. The maximum atomic E-state index is 12.6. The van der Waals surface area contributed by atoms with Gasteiger partial charge in [-0.1, -0.05) is 57.5 Å². The number of aliphatic imine (C=N–C) groups is 1. The lowest BCUT2D eigenvalue weighted by Crippen LogP contribution is -2.33. The molecule has 1 saturated carbocycles. The second-order valence-corrected chi connectivity index (χ2v) is 7.11. The van der Waals surface area contributed by atoms with Gasteiger partial charge in [-0.2, -0.15) is 0 Å². The van der Waals surface area contributed by atoms with E-state index in [-0.39, 0.29) is 17.0 Å². The van der Waals surface area contributed by atoms with Crippen molar-refractivity contribution in [3.8, 4) is 0 Å². The molecule has 0 radical (unpaired) electrons. The summed E-state index contributed by atoms with van der Waals surface area (Å²) < 4.78 is 0. The molecule has 0 saturated heterocycles. The van der Waals surface area contributed by atoms with E-state index in [0.29, 0.717) is 18.4 Å². The number of unbranched alkanes of at least 4 members (excludes halogenated alkanes) is 1. The summed E-state index contributed by atoms with van der Waals surface area (Å²) in [5.41, 5.74) is 2.17. The molecule has 0 spiro atoms. The molecule has 0 amide bonds. The van der Waals surface area contributed by atoms with Gasteiger partial charge in [-0.25, -0.2) is 0 Å². The minimum Gasteiger partial charge on any atom is -0.511 e. The van der Waals surface area contributed by atoms with Crippen molar-refractivity contribution in [2.75, 3.05) is 6.54 Å². The van der Waals surface area contributed by atoms with Crippen LogP contribution in [0, 0.1) is 5.41 Å². The Hall–Kier alpha value is -1.90. The molecule has 1 aromatic carbocycles. The monoisotopic (exact) mass is 313 g/mol. The van der Waals surface area contributed by atoms with E-state index in [9.17, 15) is 9.90 Å². The fourth-order valence-corrected chi connectivity index (χ4v) is 3.00. The van der Waals surface area contributed by atoms with Crippen molar-refractivity contribution in [2.24, 2.45) is 10.4 Å². The van der Waals surface area contributed by atoms with Crippen LogP contribution in [-0.4, -0.2) is 23.1 Å². The molecule has 1 aliphatic rings. The lowest BCUT2D eigenvalue weighted by atomic mass is 9.73. The summed E-state index contributed by atoms with van der Waals surface area (Å²) in [5, 5.41) is 10.6. The summed E-state index contributed by atoms with van der Waals surface area (Å²) in [4.78, 5) is 17.2. The Kier molecular flexibility index (Phi) is 5.75. The number of benzene rings is 1. The van der Waals surface area contributed by atoms with Gasteiger partial charge in [0.15, 0.2) is 5.78 Å². The molecule has 1 aliphatic carbocycles. The van der Waals surface area contributed by atoms with Gasteiger partial charge in [0.2, 0.25) is 0 Å². The summed E-state index contributed by atoms with van der Waals surface area (Å²) in [6.45, 7) is 7.02. The van der Waals surface area contributed by atoms with Gasteiger partial charge in [0, 0.05) is 25.1 Å². The van der Waals surface area contributed by atoms with E-state index in [1.165, 1.54) is 0 Å². The normalized spacial score (nSPS) is 21.5. The Bertz CT molecular complexity index is 612. The zero-order valence-corrected chi connectivity index (χ0v) is 14.4. The largest absolute Gasteiger partial charge is 0.511 e. The maximum absolute atomic E-state index is 12.6. The number of allylic oxidation sites excluding steroid dienone is 2. The summed E-state index contributed by atoms with van der Waals surface area (Å²) in [7, 11) is 0. The van der Waals surface area contributed by atoms with Crippen LogP contribution in [0.4, 0.5) is 0 Å². The van der Waals surface area contributed by atoms with E-state index in [4.69, 9.17) is 0 Å². The minimum absolute atomic E-state index is 0.0185. The standard InChI is InChI=1S/C20H27NO2/c1-4-5-11-21-16-13-20(2,3)14-18(23)19(16)17(22)12-15-9-7-6-8-10-15/h6-10,22H,4-5,11-14H2,1-3H3/b19-17+,21-16?. The van der Waals surface area contributed by atoms with Crippen molar-refractivity contribution >= 4 is 11.5 Å². The first kappa shape index (κ1) is 17.5. The van der Waals surface area contributed by atoms with E-state index in [0.717, 1.165) is 37.1 Å². The van der Waals surface area contributed by atoms with Crippen LogP contribution in [-0.2, 0) is 11.2 Å². The first-order valence-corrected chi connectivity index (χ1v) is 8.46. The van der Waals surface area contributed by atoms with Crippen LogP contribution in [0.3, 0.4) is 0 Å². The van der Waals surface area contributed by atoms with Gasteiger partial charge in [0.05, 0.1) is 5.57 Å². The molecular formula is C20H27NO2. The highest BCUT2D eigenvalue weighted by molar-refractivity contribution is 6.24. The number of aliphatic hydroxyl groups is 1. The van der Waals surface area contributed by atoms with Crippen LogP contribution in [0.25, 0.3) is 0 Å². The van der Waals surface area contributed by atoms with Crippen molar-refractivity contribution in [1.29, 1.82) is 0 Å². The van der Waals surface area contributed by atoms with Gasteiger partial charge < -0.3 is 5.11 Å². The fraction of sp³-hybridized carbons (Fsp3) is 0.500. The number of nitrogens with zero attached hydrogens (tertiary/aromatic N) is 1. The van der Waals surface area contributed by atoms with Crippen molar-refractivity contribution in [2.45, 2.75) is 52.9 Å². The van der Waals surface area contributed by atoms with Crippen molar-refractivity contribution < 1.29 is 9.90 Å². The van der Waals surface area contributed by atoms with Crippen LogP contribution in [0.1, 0.15) is 52.0 Å². The molecule has 0 atom stereocenters. The third-order valence-corrected chi connectivity index (χ3v) is 4.17. The Balaban J connectivity index is 2.32. The molecule has 3 nitrogen and oxygen atoms in total. The number of aliphatic hydroxyl groups excluding tert-OH is 1. The Morgan fingerprint density at radius 1 is 1.22 bits per heavy atom. The van der Waals surface area contributed by atoms with Crippen LogP contribution < -0.4 is 0 Å². The summed E-state index contributed by atoms with van der Waals surface area (Å²) in [5.74, 6) is 0.178. The second kappa shape index (κ2) is 7.58. The third-order valence-electron chi connectivity index (χ3n) is 4.17. The van der Waals surface area contributed by atoms with Gasteiger partial charge in [0.1, 0.15) is 5.76 Å². The van der Waals surface area contributed by atoms with Gasteiger partial charge in [-0.15, -0.1) is 0 Å². The van der Waals surface area contributed by atoms with E-state index < -0.39 is 0 Å². The second-order valence-electron chi connectivity index (χ2n) is 7.11. The lowest BCUT2D eigenvalue weighted by molar-refractivity contribution is -0.117. The highest BCUT2D eigenvalue weighted by atomic mass is 16.3. The minimum atomic E-state index is -0.0847. The molecule has 124 valence electrons. The number of carbonyl (C=O) groups is 1. The van der Waals surface area contributed by atoms with Crippen molar-refractivity contribution in [3.63, 3.8) is 0 Å². The Morgan fingerprint density at radius 3 is 2.57 bits per heavy atom. The average Bonchev–Trinajstić information content (AvgIpc) is 2.46. The number of Topliss-reactive ketones (excluding diaryl/α,β-unsaturated/α-hetero) is 1. The van der Waals surface area contributed by atoms with Crippen molar-refractivity contribution in [1.82, 2.24) is 0 Å². The number of ketones is 1. The van der Waals surface area contributed by atoms with Crippen molar-refractivity contribution in [3.05, 3.63) is 47.2 Å². The highest BCUT2D eigenvalue weighted by Crippen LogP contribution is 2.35. The molecule has 1 aromatic rings. The number of carbonyl (C=O) groups excluding carboxylic acids is 1. The average molecular weight is 313 g/mol. The lowest BCUT2D eigenvalue weighted by Gasteiger charge is -2.31. The zero-order valence-electron chi connectivity index (χ0n) is 14.4. The quantitative estimate of drug-likeness (QED) is 0.488. The van der Waals surface area contributed by atoms with E-state index in [2.05, 4.69) is 25.8 Å². The first-order valence-electron chi connectivity index (χ1n) is 8.46. The van der Waals surface area contributed by atoms with Crippen LogP contribution >= 0.6 is 0 Å². The molecule has 23 heavy (non-hydrogen) atoms. The Morgan fingerprint density at radius 2 is 1.91 bits per heavy atom. The third kappa shape index (κ3) is 4.78. The number of rotatable bonds is 5. The molecule has 1 N–H and O–H groups in total. The molecule has 1 fully saturated rings. The maximum Gasteiger partial charge on any atom is 0.168 e. The summed E-state index contributed by atoms with van der Waals surface area (Å²) in [6.07, 6.45) is 3.67. The predicted octanol–water partition coefficient (Wildman–Crippen LogP) is 4.67. The van der Waals surface area contributed by atoms with E-state index >= 15 is 0 Å². The fourth-order valence-electron chi connectivity index (χ4n) is 3.00. The van der Waals surface area contributed by atoms with Crippen LogP contribution in [0.2, 0.25) is 0 Å². The van der Waals surface area contributed by atoms with E-state index in [1.54, 1.807) is 0 Å².